The first-order chi connectivity index (χ1) is 14.4. The molecule has 0 unspecified atom stereocenters. The first-order valence-electron chi connectivity index (χ1n) is 9.47. The first-order valence-corrected chi connectivity index (χ1v) is 10.5. The standard InChI is InChI=1S/C24H23N3O2S/c1-15-11-16(2)23(17(3)12-15)27-22(28)14-30-24-19(13-25)7-10-21(26-24)18-5-8-20(29-4)9-6-18/h5-12H,14H2,1-4H3,(H,27,28). The summed E-state index contributed by atoms with van der Waals surface area (Å²) in [6.07, 6.45) is 0. The fourth-order valence-corrected chi connectivity index (χ4v) is 4.02. The summed E-state index contributed by atoms with van der Waals surface area (Å²) in [5.74, 6) is 0.802. The molecular weight excluding hydrogens is 394 g/mol. The number of nitriles is 1. The number of benzene rings is 2. The van der Waals surface area contributed by atoms with Gasteiger partial charge in [0.05, 0.1) is 24.1 Å². The van der Waals surface area contributed by atoms with E-state index in [1.165, 1.54) is 11.8 Å². The molecule has 152 valence electrons. The molecule has 0 spiro atoms. The third-order valence-electron chi connectivity index (χ3n) is 4.65. The minimum Gasteiger partial charge on any atom is -0.497 e. The van der Waals surface area contributed by atoms with Gasteiger partial charge in [-0.2, -0.15) is 5.26 Å². The number of amides is 1. The Morgan fingerprint density at radius 2 is 1.77 bits per heavy atom. The summed E-state index contributed by atoms with van der Waals surface area (Å²) in [7, 11) is 1.62. The number of pyridine rings is 1. The van der Waals surface area contributed by atoms with Crippen molar-refractivity contribution in [3.05, 3.63) is 70.8 Å². The number of methoxy groups -OCH3 is 1. The number of thioether (sulfide) groups is 1. The van der Waals surface area contributed by atoms with Crippen molar-refractivity contribution in [2.75, 3.05) is 18.2 Å². The lowest BCUT2D eigenvalue weighted by Crippen LogP contribution is -2.16. The van der Waals surface area contributed by atoms with E-state index in [1.807, 2.05) is 63.2 Å². The van der Waals surface area contributed by atoms with E-state index < -0.39 is 0 Å². The van der Waals surface area contributed by atoms with Crippen molar-refractivity contribution in [3.8, 4) is 23.1 Å². The maximum Gasteiger partial charge on any atom is 0.234 e. The molecule has 1 amide bonds. The molecule has 0 radical (unpaired) electrons. The van der Waals surface area contributed by atoms with Crippen LogP contribution < -0.4 is 10.1 Å². The van der Waals surface area contributed by atoms with Gasteiger partial charge in [0.25, 0.3) is 0 Å². The van der Waals surface area contributed by atoms with Gasteiger partial charge in [-0.1, -0.05) is 29.5 Å². The number of carbonyl (C=O) groups is 1. The normalized spacial score (nSPS) is 10.4. The molecule has 0 aliphatic rings. The molecular formula is C24H23N3O2S. The number of carbonyl (C=O) groups excluding carboxylic acids is 1. The van der Waals surface area contributed by atoms with Crippen LogP contribution in [-0.4, -0.2) is 23.8 Å². The highest BCUT2D eigenvalue weighted by atomic mass is 32.2. The second-order valence-electron chi connectivity index (χ2n) is 7.00. The summed E-state index contributed by atoms with van der Waals surface area (Å²) in [6.45, 7) is 6.00. The molecule has 5 nitrogen and oxygen atoms in total. The van der Waals surface area contributed by atoms with E-state index >= 15 is 0 Å². The van der Waals surface area contributed by atoms with Crippen molar-refractivity contribution < 1.29 is 9.53 Å². The van der Waals surface area contributed by atoms with Crippen molar-refractivity contribution in [2.24, 2.45) is 0 Å². The topological polar surface area (TPSA) is 75.0 Å². The Balaban J connectivity index is 1.75. The highest BCUT2D eigenvalue weighted by molar-refractivity contribution is 8.00. The second-order valence-corrected chi connectivity index (χ2v) is 7.96. The minimum atomic E-state index is -0.129. The van der Waals surface area contributed by atoms with E-state index in [1.54, 1.807) is 13.2 Å². The Kier molecular flexibility index (Phi) is 6.76. The lowest BCUT2D eigenvalue weighted by Gasteiger charge is -2.13. The van der Waals surface area contributed by atoms with E-state index in [-0.39, 0.29) is 11.7 Å². The third-order valence-corrected chi connectivity index (χ3v) is 5.64. The lowest BCUT2D eigenvalue weighted by atomic mass is 10.1. The Bertz CT molecular complexity index is 1100. The average molecular weight is 418 g/mol. The molecule has 30 heavy (non-hydrogen) atoms. The van der Waals surface area contributed by atoms with Gasteiger partial charge in [-0.3, -0.25) is 4.79 Å². The number of ether oxygens (including phenoxy) is 1. The van der Waals surface area contributed by atoms with Crippen molar-refractivity contribution in [2.45, 2.75) is 25.8 Å². The minimum absolute atomic E-state index is 0.129. The Labute approximate surface area is 181 Å². The van der Waals surface area contributed by atoms with Crippen molar-refractivity contribution >= 4 is 23.4 Å². The van der Waals surface area contributed by atoms with Gasteiger partial charge in [-0.25, -0.2) is 4.98 Å². The number of hydrogen-bond acceptors (Lipinski definition) is 5. The molecule has 3 rings (SSSR count). The second kappa shape index (κ2) is 9.47. The van der Waals surface area contributed by atoms with Crippen LogP contribution in [0.15, 0.2) is 53.6 Å². The number of nitrogens with one attached hydrogen (secondary N) is 1. The zero-order valence-electron chi connectivity index (χ0n) is 17.4. The largest absolute Gasteiger partial charge is 0.497 e. The van der Waals surface area contributed by atoms with E-state index in [2.05, 4.69) is 16.4 Å². The number of hydrogen-bond donors (Lipinski definition) is 1. The van der Waals surface area contributed by atoms with Crippen molar-refractivity contribution in [1.29, 1.82) is 5.26 Å². The monoisotopic (exact) mass is 417 g/mol. The zero-order valence-corrected chi connectivity index (χ0v) is 18.3. The predicted molar refractivity (Wildman–Crippen MR) is 121 cm³/mol. The van der Waals surface area contributed by atoms with Crippen LogP contribution in [0.5, 0.6) is 5.75 Å². The van der Waals surface area contributed by atoms with Crippen LogP contribution in [0.25, 0.3) is 11.3 Å². The van der Waals surface area contributed by atoms with Gasteiger partial charge in [-0.15, -0.1) is 0 Å². The SMILES string of the molecule is COc1ccc(-c2ccc(C#N)c(SCC(=O)Nc3c(C)cc(C)cc3C)n2)cc1. The molecule has 3 aromatic rings. The molecule has 0 saturated heterocycles. The van der Waals surface area contributed by atoms with Gasteiger partial charge in [0, 0.05) is 11.3 Å². The van der Waals surface area contributed by atoms with Gasteiger partial charge in [0.1, 0.15) is 16.8 Å². The van der Waals surface area contributed by atoms with E-state index in [0.29, 0.717) is 10.6 Å². The predicted octanol–water partition coefficient (Wildman–Crippen LogP) is 5.28. The molecule has 0 fully saturated rings. The van der Waals surface area contributed by atoms with Gasteiger partial charge < -0.3 is 10.1 Å². The van der Waals surface area contributed by atoms with E-state index in [9.17, 15) is 10.1 Å². The molecule has 0 aliphatic heterocycles. The number of nitrogens with zero attached hydrogens (tertiary/aromatic N) is 2. The summed E-state index contributed by atoms with van der Waals surface area (Å²) in [5, 5.41) is 13.0. The number of rotatable bonds is 6. The summed E-state index contributed by atoms with van der Waals surface area (Å²) < 4.78 is 5.19. The molecule has 0 atom stereocenters. The number of aryl methyl sites for hydroxylation is 3. The summed E-state index contributed by atoms with van der Waals surface area (Å²) >= 11 is 1.26. The summed E-state index contributed by atoms with van der Waals surface area (Å²) in [6, 6.07) is 17.3. The third kappa shape index (κ3) is 5.00. The highest BCUT2D eigenvalue weighted by Gasteiger charge is 2.13. The maximum atomic E-state index is 12.5. The van der Waals surface area contributed by atoms with Crippen LogP contribution in [0.2, 0.25) is 0 Å². The van der Waals surface area contributed by atoms with Gasteiger partial charge in [0.15, 0.2) is 0 Å². The summed E-state index contributed by atoms with van der Waals surface area (Å²) in [5.41, 5.74) is 6.17. The average Bonchev–Trinajstić information content (AvgIpc) is 2.74. The molecule has 1 heterocycles. The van der Waals surface area contributed by atoms with E-state index in [4.69, 9.17) is 4.74 Å². The lowest BCUT2D eigenvalue weighted by molar-refractivity contribution is -0.113. The molecule has 0 bridgehead atoms. The Morgan fingerprint density at radius 1 is 1.10 bits per heavy atom. The Morgan fingerprint density at radius 3 is 2.37 bits per heavy atom. The number of aromatic nitrogens is 1. The van der Waals surface area contributed by atoms with Crippen molar-refractivity contribution in [1.82, 2.24) is 4.98 Å². The van der Waals surface area contributed by atoms with Crippen molar-refractivity contribution in [3.63, 3.8) is 0 Å². The molecule has 1 aromatic heterocycles. The van der Waals surface area contributed by atoms with Gasteiger partial charge >= 0.3 is 0 Å². The smallest absolute Gasteiger partial charge is 0.234 e. The van der Waals surface area contributed by atoms with Crippen LogP contribution >= 0.6 is 11.8 Å². The quantitative estimate of drug-likeness (QED) is 0.552. The first kappa shape index (κ1) is 21.4. The summed E-state index contributed by atoms with van der Waals surface area (Å²) in [4.78, 5) is 17.2. The molecule has 0 aliphatic carbocycles. The number of anilines is 1. The van der Waals surface area contributed by atoms with E-state index in [0.717, 1.165) is 39.4 Å². The molecule has 0 saturated carbocycles. The molecule has 6 heteroatoms. The molecule has 2 aromatic carbocycles. The van der Waals surface area contributed by atoms with Crippen LogP contribution in [0.1, 0.15) is 22.3 Å². The zero-order chi connectivity index (χ0) is 21.7. The fraction of sp³-hybridized carbons (Fsp3) is 0.208. The van der Waals surface area contributed by atoms with Gasteiger partial charge in [-0.05, 0) is 68.3 Å². The van der Waals surface area contributed by atoms with Crippen LogP contribution in [0.3, 0.4) is 0 Å². The fourth-order valence-electron chi connectivity index (χ4n) is 3.24. The maximum absolute atomic E-state index is 12.5. The van der Waals surface area contributed by atoms with Crippen LogP contribution in [0, 0.1) is 32.1 Å². The Hall–Kier alpha value is -3.30. The van der Waals surface area contributed by atoms with Gasteiger partial charge in [0.2, 0.25) is 5.91 Å². The molecule has 1 N–H and O–H groups in total. The van der Waals surface area contributed by atoms with Crippen LogP contribution in [-0.2, 0) is 4.79 Å². The highest BCUT2D eigenvalue weighted by Crippen LogP contribution is 2.27. The van der Waals surface area contributed by atoms with Crippen LogP contribution in [0.4, 0.5) is 5.69 Å².